The minimum Gasteiger partial charge on any atom is -0.0596 e. The van der Waals surface area contributed by atoms with Crippen LogP contribution in [0, 0.1) is 92.1 Å². The second-order valence-electron chi connectivity index (χ2n) is 30.4. The highest BCUT2D eigenvalue weighted by Gasteiger charge is 2.91. The molecule has 0 fully saturated rings. The first-order chi connectivity index (χ1) is 22.0. The monoisotopic (exact) mass is 745 g/mol. The van der Waals surface area contributed by atoms with E-state index in [1.807, 2.05) is 0 Å². The Labute approximate surface area is 340 Å². The van der Waals surface area contributed by atoms with Crippen LogP contribution in [0.25, 0.3) is 0 Å². The molecule has 0 aromatic heterocycles. The van der Waals surface area contributed by atoms with Gasteiger partial charge in [0.05, 0.1) is 0 Å². The summed E-state index contributed by atoms with van der Waals surface area (Å²) in [6.07, 6.45) is 0. The summed E-state index contributed by atoms with van der Waals surface area (Å²) in [4.78, 5) is 0. The van der Waals surface area contributed by atoms with E-state index in [0.717, 1.165) is 0 Å². The van der Waals surface area contributed by atoms with Crippen LogP contribution in [0.5, 0.6) is 0 Å². The summed E-state index contributed by atoms with van der Waals surface area (Å²) in [5, 5.41) is 0. The first-order valence-electron chi connectivity index (χ1n) is 22.0. The van der Waals surface area contributed by atoms with Crippen molar-refractivity contribution in [2.75, 3.05) is 0 Å². The van der Waals surface area contributed by atoms with E-state index < -0.39 is 0 Å². The van der Waals surface area contributed by atoms with E-state index in [1.54, 1.807) is 0 Å². The first-order valence-corrected chi connectivity index (χ1v) is 22.0. The summed E-state index contributed by atoms with van der Waals surface area (Å²) in [6.45, 7) is 96.1. The molecule has 53 heavy (non-hydrogen) atoms. The summed E-state index contributed by atoms with van der Waals surface area (Å²) < 4.78 is 0. The normalized spacial score (nSPS) is 19.2. The molecule has 0 heterocycles. The minimum absolute atomic E-state index is 0.0458. The predicted octanol–water partition coefficient (Wildman–Crippen LogP) is 18.5. The maximum Gasteiger partial charge on any atom is -0.00483 e. The van der Waals surface area contributed by atoms with Gasteiger partial charge in [0.1, 0.15) is 0 Å². The van der Waals surface area contributed by atoms with Gasteiger partial charge in [-0.25, -0.2) is 0 Å². The van der Waals surface area contributed by atoms with Crippen molar-refractivity contribution in [1.29, 1.82) is 0 Å². The Balaban J connectivity index is 12.1. The smallest absolute Gasteiger partial charge is 0.00483 e. The molecule has 0 N–H and O–H groups in total. The maximum absolute atomic E-state index is 2.88. The van der Waals surface area contributed by atoms with Gasteiger partial charge in [0.25, 0.3) is 0 Å². The van der Waals surface area contributed by atoms with E-state index >= 15 is 0 Å². The minimum atomic E-state index is -0.367. The molecule has 0 aromatic carbocycles. The van der Waals surface area contributed by atoms with E-state index in [2.05, 4.69) is 249 Å². The zero-order valence-corrected chi connectivity index (χ0v) is 44.5. The molecule has 0 nitrogen and oxygen atoms in total. The van der Waals surface area contributed by atoms with Gasteiger partial charge in [-0.1, -0.05) is 249 Å². The average Bonchev–Trinajstić information content (AvgIpc) is 2.73. The second kappa shape index (κ2) is 13.0. The van der Waals surface area contributed by atoms with Crippen LogP contribution in [0.4, 0.5) is 0 Å². The van der Waals surface area contributed by atoms with Crippen LogP contribution in [0.1, 0.15) is 249 Å². The third-order valence-electron chi connectivity index (χ3n) is 17.9. The zero-order chi connectivity index (χ0) is 44.5. The molecule has 0 rings (SSSR count). The fourth-order valence-corrected chi connectivity index (χ4v) is 18.6. The quantitative estimate of drug-likeness (QED) is 0.263. The number of rotatable bonds is 5. The third-order valence-corrected chi connectivity index (χ3v) is 17.9. The van der Waals surface area contributed by atoms with E-state index in [9.17, 15) is 0 Å². The van der Waals surface area contributed by atoms with Crippen LogP contribution >= 0.6 is 0 Å². The van der Waals surface area contributed by atoms with E-state index in [1.165, 1.54) is 0 Å². The lowest BCUT2D eigenvalue weighted by Crippen LogP contribution is -2.88. The summed E-state index contributed by atoms with van der Waals surface area (Å²) in [6, 6.07) is 0. The van der Waals surface area contributed by atoms with Crippen LogP contribution in [0.2, 0.25) is 0 Å². The fraction of sp³-hybridized carbons (Fsp3) is 1.00. The molecule has 320 valence electrons. The van der Waals surface area contributed by atoms with Crippen molar-refractivity contribution in [3.8, 4) is 0 Å². The topological polar surface area (TPSA) is 0 Å². The molecule has 0 bridgehead atoms. The van der Waals surface area contributed by atoms with Crippen molar-refractivity contribution in [1.82, 2.24) is 0 Å². The predicted molar refractivity (Wildman–Crippen MR) is 246 cm³/mol. The van der Waals surface area contributed by atoms with Crippen LogP contribution in [-0.2, 0) is 0 Å². The zero-order valence-electron chi connectivity index (χ0n) is 44.5. The average molecular weight is 745 g/mol. The molecule has 0 aliphatic heterocycles. The summed E-state index contributed by atoms with van der Waals surface area (Å²) >= 11 is 0. The maximum atomic E-state index is 2.88. The molecule has 0 aliphatic carbocycles. The lowest BCUT2D eigenvalue weighted by Gasteiger charge is -2.92. The van der Waals surface area contributed by atoms with Crippen molar-refractivity contribution in [3.63, 3.8) is 0 Å². The van der Waals surface area contributed by atoms with Crippen LogP contribution in [0.15, 0.2) is 0 Å². The van der Waals surface area contributed by atoms with Crippen LogP contribution in [0.3, 0.4) is 0 Å². The fourth-order valence-electron chi connectivity index (χ4n) is 18.6. The molecule has 0 spiro atoms. The van der Waals surface area contributed by atoms with Gasteiger partial charge in [-0.2, -0.15) is 0 Å². The summed E-state index contributed by atoms with van der Waals surface area (Å²) in [5.74, 6) is 0. The molecule has 0 heteroatoms. The van der Waals surface area contributed by atoms with Gasteiger partial charge in [-0.3, -0.25) is 0 Å². The van der Waals surface area contributed by atoms with Gasteiger partial charge in [0.2, 0.25) is 0 Å². The molecule has 0 radical (unpaired) electrons. The largest absolute Gasteiger partial charge is 0.0596 e. The van der Waals surface area contributed by atoms with E-state index in [4.69, 9.17) is 0 Å². The van der Waals surface area contributed by atoms with Gasteiger partial charge in [0, 0.05) is 0 Å². The molecule has 0 saturated carbocycles. The molecule has 0 aromatic rings. The summed E-state index contributed by atoms with van der Waals surface area (Å²) in [5.41, 5.74) is -2.88. The highest BCUT2D eigenvalue weighted by molar-refractivity contribution is 5.37. The van der Waals surface area contributed by atoms with Gasteiger partial charge >= 0.3 is 0 Å². The van der Waals surface area contributed by atoms with Gasteiger partial charge in [-0.05, 0) is 92.1 Å². The number of hydrogen-bond acceptors (Lipinski definition) is 0. The lowest BCUT2D eigenvalue weighted by molar-refractivity contribution is -0.457. The molecular weight excluding hydrogens is 637 g/mol. The molecule has 0 aliphatic rings. The summed E-state index contributed by atoms with van der Waals surface area (Å²) in [7, 11) is 0. The van der Waals surface area contributed by atoms with Crippen molar-refractivity contribution in [3.05, 3.63) is 0 Å². The molecular formula is C53H108. The Morgan fingerprint density at radius 2 is 0.264 bits per heavy atom. The highest BCUT2D eigenvalue weighted by Crippen LogP contribution is 2.95. The Morgan fingerprint density at radius 3 is 0.377 bits per heavy atom. The van der Waals surface area contributed by atoms with E-state index in [-0.39, 0.29) is 92.1 Å². The van der Waals surface area contributed by atoms with E-state index in [0.29, 0.717) is 0 Å². The van der Waals surface area contributed by atoms with Crippen LogP contribution in [-0.4, -0.2) is 0 Å². The van der Waals surface area contributed by atoms with Crippen molar-refractivity contribution >= 4 is 0 Å². The Morgan fingerprint density at radius 1 is 0.113 bits per heavy atom. The Bertz CT molecular complexity index is 1170. The van der Waals surface area contributed by atoms with Crippen molar-refractivity contribution in [2.45, 2.75) is 249 Å². The SMILES string of the molecule is CC(C)(C)C(C)(C(C)(C)C)C(C)(C(C)(C)C)C(C(C)(C)C)(C(C)(C(C)(C)C)C(C)(C)C)C(C(C)(C)C)(C(C)(C)C)C(C(C)(C)C)(C(C)(C)C)C(C)(C)C. The van der Waals surface area contributed by atoms with Crippen molar-refractivity contribution in [2.24, 2.45) is 92.1 Å². The van der Waals surface area contributed by atoms with Gasteiger partial charge < -0.3 is 0 Å². The lowest BCUT2D eigenvalue weighted by atomic mass is 9.11. The molecule has 2 atom stereocenters. The standard InChI is InChI=1S/C53H108/c1-37(2,3)48(34,38(4,5)6)50(36,41(13,14)15)53(47(31,32)33,49(35,39(7,8)9)40(10,11)12)52(45(25,26)27,46(28,29)30)51(42(16,17)18,43(19,20)21)44(22,23)24/h1-36H3. The Kier molecular flexibility index (Phi) is 13.0. The highest BCUT2D eigenvalue weighted by atomic mass is 14.9. The molecule has 0 amide bonds. The first kappa shape index (κ1) is 53.0. The third kappa shape index (κ3) is 6.27. The molecule has 0 saturated heterocycles. The Hall–Kier alpha value is 0. The van der Waals surface area contributed by atoms with Crippen LogP contribution < -0.4 is 0 Å². The second-order valence-corrected chi connectivity index (χ2v) is 30.4. The van der Waals surface area contributed by atoms with Crippen molar-refractivity contribution < 1.29 is 0 Å². The number of hydrogen-bond donors (Lipinski definition) is 0. The van der Waals surface area contributed by atoms with Gasteiger partial charge in [0.15, 0.2) is 0 Å². The molecule has 2 unspecified atom stereocenters. The van der Waals surface area contributed by atoms with Gasteiger partial charge in [-0.15, -0.1) is 0 Å².